The maximum absolute atomic E-state index is 12.5. The summed E-state index contributed by atoms with van der Waals surface area (Å²) < 4.78 is 26.5. The quantitative estimate of drug-likeness (QED) is 0.743. The number of likely N-dealkylation sites (tertiary alicyclic amines) is 1. The predicted octanol–water partition coefficient (Wildman–Crippen LogP) is 0.964. The molecule has 0 bridgehead atoms. The third-order valence-electron chi connectivity index (χ3n) is 4.85. The van der Waals surface area contributed by atoms with E-state index in [2.05, 4.69) is 0 Å². The molecule has 1 aromatic carbocycles. The largest absolute Gasteiger partial charge is 0.338 e. The summed E-state index contributed by atoms with van der Waals surface area (Å²) in [5, 5.41) is 2.01. The van der Waals surface area contributed by atoms with E-state index < -0.39 is 10.0 Å². The third-order valence-corrected chi connectivity index (χ3v) is 6.92. The molecule has 25 heavy (non-hydrogen) atoms. The number of hydrogen-bond acceptors (Lipinski definition) is 3. The Bertz CT molecular complexity index is 663. The average molecular weight is 369 g/mol. The van der Waals surface area contributed by atoms with Crippen LogP contribution in [0.5, 0.6) is 0 Å². The maximum Gasteiger partial charge on any atom is 0.277 e. The number of amides is 1. The molecule has 7 heteroatoms. The summed E-state index contributed by atoms with van der Waals surface area (Å²) in [6, 6.07) is 7.12. The first-order valence-corrected chi connectivity index (χ1v) is 10.5. The monoisotopic (exact) mass is 368 g/mol. The Morgan fingerprint density at radius 3 is 2.24 bits per heavy atom. The fourth-order valence-corrected chi connectivity index (χ4v) is 4.62. The van der Waals surface area contributed by atoms with Gasteiger partial charge in [-0.3, -0.25) is 4.79 Å². The van der Waals surface area contributed by atoms with Gasteiger partial charge in [0.15, 0.2) is 6.54 Å². The van der Waals surface area contributed by atoms with E-state index in [0.29, 0.717) is 24.5 Å². The van der Waals surface area contributed by atoms with Crippen molar-refractivity contribution in [2.75, 3.05) is 32.7 Å². The minimum absolute atomic E-state index is 0.108. The van der Waals surface area contributed by atoms with Crippen LogP contribution in [0, 0.1) is 0 Å². The van der Waals surface area contributed by atoms with Crippen molar-refractivity contribution in [1.29, 1.82) is 0 Å². The summed E-state index contributed by atoms with van der Waals surface area (Å²) in [6.45, 7) is 8.81. The van der Waals surface area contributed by atoms with Crippen molar-refractivity contribution in [3.05, 3.63) is 29.8 Å². The van der Waals surface area contributed by atoms with E-state index in [0.717, 1.165) is 31.5 Å². The number of quaternary nitrogens is 1. The molecule has 1 fully saturated rings. The smallest absolute Gasteiger partial charge is 0.277 e. The van der Waals surface area contributed by atoms with Gasteiger partial charge in [0.05, 0.1) is 4.90 Å². The lowest BCUT2D eigenvalue weighted by molar-refractivity contribution is -0.683. The zero-order valence-corrected chi connectivity index (χ0v) is 16.3. The fourth-order valence-electron chi connectivity index (χ4n) is 3.17. The highest BCUT2D eigenvalue weighted by Crippen LogP contribution is 2.18. The Hall–Kier alpha value is -1.44. The van der Waals surface area contributed by atoms with Crippen LogP contribution in [0.2, 0.25) is 0 Å². The van der Waals surface area contributed by atoms with Crippen molar-refractivity contribution in [2.45, 2.75) is 44.6 Å². The van der Waals surface area contributed by atoms with Gasteiger partial charge in [0, 0.05) is 31.7 Å². The van der Waals surface area contributed by atoms with Crippen LogP contribution in [0.1, 0.15) is 45.2 Å². The highest BCUT2D eigenvalue weighted by atomic mass is 32.2. The van der Waals surface area contributed by atoms with E-state index in [9.17, 15) is 13.2 Å². The zero-order valence-electron chi connectivity index (χ0n) is 15.4. The normalized spacial score (nSPS) is 16.4. The van der Waals surface area contributed by atoms with E-state index in [1.807, 2.05) is 43.1 Å². The Labute approximate surface area is 151 Å². The van der Waals surface area contributed by atoms with Crippen LogP contribution in [0.4, 0.5) is 0 Å². The van der Waals surface area contributed by atoms with Crippen LogP contribution in [0.3, 0.4) is 0 Å². The van der Waals surface area contributed by atoms with Gasteiger partial charge < -0.3 is 10.2 Å². The molecule has 1 atom stereocenters. The lowest BCUT2D eigenvalue weighted by Crippen LogP contribution is -2.87. The first-order valence-electron chi connectivity index (χ1n) is 9.11. The van der Waals surface area contributed by atoms with Gasteiger partial charge in [0.2, 0.25) is 10.0 Å². The fraction of sp³-hybridized carbons (Fsp3) is 0.611. The van der Waals surface area contributed by atoms with Crippen molar-refractivity contribution < 1.29 is 18.5 Å². The molecule has 1 aromatic rings. The number of sulfonamides is 1. The number of carbonyl (C=O) groups is 1. The SMILES string of the molecule is CCN(CC)S(=O)(=O)c1ccc([C@@H](C)[NH2+]CC(=O)N2CCCC2)cc1. The number of nitrogens with zero attached hydrogens (tertiary/aromatic N) is 2. The lowest BCUT2D eigenvalue weighted by atomic mass is 10.1. The van der Waals surface area contributed by atoms with E-state index in [-0.39, 0.29) is 11.9 Å². The molecule has 0 aliphatic carbocycles. The van der Waals surface area contributed by atoms with E-state index in [1.54, 1.807) is 12.1 Å². The molecule has 2 N–H and O–H groups in total. The lowest BCUT2D eigenvalue weighted by Gasteiger charge is -2.19. The molecule has 1 aliphatic heterocycles. The van der Waals surface area contributed by atoms with E-state index in [1.165, 1.54) is 4.31 Å². The number of hydrogen-bond donors (Lipinski definition) is 1. The van der Waals surface area contributed by atoms with E-state index in [4.69, 9.17) is 0 Å². The Morgan fingerprint density at radius 1 is 1.16 bits per heavy atom. The molecule has 0 unspecified atom stereocenters. The molecule has 1 amide bonds. The van der Waals surface area contributed by atoms with Gasteiger partial charge in [-0.25, -0.2) is 8.42 Å². The van der Waals surface area contributed by atoms with E-state index >= 15 is 0 Å². The van der Waals surface area contributed by atoms with Gasteiger partial charge in [-0.05, 0) is 31.9 Å². The summed E-state index contributed by atoms with van der Waals surface area (Å²) in [6.07, 6.45) is 2.20. The summed E-state index contributed by atoms with van der Waals surface area (Å²) in [5.74, 6) is 0.185. The third kappa shape index (κ3) is 4.80. The maximum atomic E-state index is 12.5. The first-order chi connectivity index (χ1) is 11.9. The Morgan fingerprint density at radius 2 is 1.72 bits per heavy atom. The molecule has 140 valence electrons. The van der Waals surface area contributed by atoms with Crippen LogP contribution < -0.4 is 5.32 Å². The van der Waals surface area contributed by atoms with Gasteiger partial charge in [-0.1, -0.05) is 26.0 Å². The van der Waals surface area contributed by atoms with Gasteiger partial charge in [-0.15, -0.1) is 0 Å². The van der Waals surface area contributed by atoms with Gasteiger partial charge in [-0.2, -0.15) is 4.31 Å². The van der Waals surface area contributed by atoms with Gasteiger partial charge in [0.1, 0.15) is 6.04 Å². The minimum Gasteiger partial charge on any atom is -0.338 e. The number of benzene rings is 1. The topological polar surface area (TPSA) is 74.3 Å². The molecule has 6 nitrogen and oxygen atoms in total. The molecule has 0 saturated carbocycles. The molecule has 1 aliphatic rings. The molecule has 1 saturated heterocycles. The predicted molar refractivity (Wildman–Crippen MR) is 97.6 cm³/mol. The second kappa shape index (κ2) is 8.78. The summed E-state index contributed by atoms with van der Waals surface area (Å²) in [7, 11) is -3.42. The summed E-state index contributed by atoms with van der Waals surface area (Å²) in [4.78, 5) is 14.4. The van der Waals surface area contributed by atoms with Crippen LogP contribution in [-0.2, 0) is 14.8 Å². The van der Waals surface area contributed by atoms with Gasteiger partial charge in [0.25, 0.3) is 5.91 Å². The Balaban J connectivity index is 1.97. The first kappa shape index (κ1) is 19.9. The molecule has 2 rings (SSSR count). The Kier molecular flexibility index (Phi) is 6.98. The van der Waals surface area contributed by atoms with Crippen molar-refractivity contribution in [3.8, 4) is 0 Å². The second-order valence-electron chi connectivity index (χ2n) is 6.47. The highest BCUT2D eigenvalue weighted by molar-refractivity contribution is 7.89. The number of rotatable bonds is 8. The number of nitrogens with two attached hydrogens (primary N) is 1. The average Bonchev–Trinajstić information content (AvgIpc) is 3.15. The molecule has 0 aromatic heterocycles. The number of carbonyl (C=O) groups excluding carboxylic acids is 1. The molecule has 1 heterocycles. The van der Waals surface area contributed by atoms with Crippen molar-refractivity contribution >= 4 is 15.9 Å². The van der Waals surface area contributed by atoms with Crippen LogP contribution >= 0.6 is 0 Å². The van der Waals surface area contributed by atoms with Crippen LogP contribution in [-0.4, -0.2) is 56.3 Å². The van der Waals surface area contributed by atoms with Crippen molar-refractivity contribution in [2.24, 2.45) is 0 Å². The minimum atomic E-state index is -3.42. The highest BCUT2D eigenvalue weighted by Gasteiger charge is 2.23. The van der Waals surface area contributed by atoms with Crippen LogP contribution in [0.15, 0.2) is 29.2 Å². The standard InChI is InChI=1S/C18H29N3O3S/c1-4-21(5-2)25(23,24)17-10-8-16(9-11-17)15(3)19-14-18(22)20-12-6-7-13-20/h8-11,15,19H,4-7,12-14H2,1-3H3/p+1/t15-/m1/s1. The summed E-state index contributed by atoms with van der Waals surface area (Å²) >= 11 is 0. The summed E-state index contributed by atoms with van der Waals surface area (Å²) in [5.41, 5.74) is 1.02. The molecular weight excluding hydrogens is 338 g/mol. The molecule has 0 radical (unpaired) electrons. The van der Waals surface area contributed by atoms with Crippen molar-refractivity contribution in [3.63, 3.8) is 0 Å². The molecule has 0 spiro atoms. The second-order valence-corrected chi connectivity index (χ2v) is 8.41. The molecular formula is C18H30N3O3S+. The van der Waals surface area contributed by atoms with Crippen molar-refractivity contribution in [1.82, 2.24) is 9.21 Å². The van der Waals surface area contributed by atoms with Gasteiger partial charge >= 0.3 is 0 Å². The van der Waals surface area contributed by atoms with Crippen LogP contribution in [0.25, 0.3) is 0 Å². The zero-order chi connectivity index (χ0) is 18.4.